The average molecular weight is 170 g/mol. The smallest absolute Gasteiger partial charge is 0.303 e. The molecule has 0 radical (unpaired) electrons. The van der Waals surface area contributed by atoms with E-state index in [2.05, 4.69) is 0 Å². The van der Waals surface area contributed by atoms with Crippen LogP contribution in [-0.2, 0) is 4.79 Å². The molecule has 1 aliphatic rings. The molecule has 12 heavy (non-hydrogen) atoms. The number of aliphatic carboxylic acids is 1. The van der Waals surface area contributed by atoms with Crippen LogP contribution in [-0.4, -0.2) is 22.8 Å². The summed E-state index contributed by atoms with van der Waals surface area (Å²) in [5.74, 6) is -0.701. The topological polar surface area (TPSA) is 57.5 Å². The summed E-state index contributed by atoms with van der Waals surface area (Å²) in [4.78, 5) is 10.4. The van der Waals surface area contributed by atoms with Gasteiger partial charge in [-0.05, 0) is 31.3 Å². The van der Waals surface area contributed by atoms with E-state index < -0.39 is 5.97 Å². The molecule has 0 aromatic carbocycles. The summed E-state index contributed by atoms with van der Waals surface area (Å²) in [6, 6.07) is 0. The van der Waals surface area contributed by atoms with Gasteiger partial charge in [0.1, 0.15) is 0 Å². The Morgan fingerprint density at radius 3 is 2.83 bits per heavy atom. The maximum Gasteiger partial charge on any atom is 0.303 e. The van der Waals surface area contributed by atoms with Gasteiger partial charge in [-0.3, -0.25) is 4.79 Å². The van der Waals surface area contributed by atoms with Crippen LogP contribution >= 0.6 is 0 Å². The molecule has 0 bridgehead atoms. The molecule has 68 valence electrons. The third kappa shape index (κ3) is 1.85. The summed E-state index contributed by atoms with van der Waals surface area (Å²) in [5.41, 5.74) is 2.11. The third-order valence-corrected chi connectivity index (χ3v) is 2.50. The first-order chi connectivity index (χ1) is 5.65. The summed E-state index contributed by atoms with van der Waals surface area (Å²) >= 11 is 0. The average Bonchev–Trinajstić information content (AvgIpc) is 2.30. The quantitative estimate of drug-likeness (QED) is 0.625. The third-order valence-electron chi connectivity index (χ3n) is 2.50. The standard InChI is InChI=1S/C9H14O3/c1-6-2-3-7(4-9(11)12)8(6)5-10/h7,10H,2-5H2,1H3,(H,11,12). The molecular formula is C9H14O3. The zero-order valence-electron chi connectivity index (χ0n) is 7.21. The van der Waals surface area contributed by atoms with Gasteiger partial charge in [0.05, 0.1) is 13.0 Å². The minimum atomic E-state index is -0.777. The number of carboxylic acids is 1. The summed E-state index contributed by atoms with van der Waals surface area (Å²) in [6.07, 6.45) is 1.98. The Balaban J connectivity index is 2.63. The van der Waals surface area contributed by atoms with E-state index in [1.807, 2.05) is 6.92 Å². The lowest BCUT2D eigenvalue weighted by Gasteiger charge is -2.09. The van der Waals surface area contributed by atoms with E-state index in [1.165, 1.54) is 5.57 Å². The molecule has 0 saturated carbocycles. The number of aliphatic hydroxyl groups is 1. The van der Waals surface area contributed by atoms with Crippen LogP contribution in [0.1, 0.15) is 26.2 Å². The Morgan fingerprint density at radius 2 is 2.33 bits per heavy atom. The SMILES string of the molecule is CC1=C(CO)C(CC(=O)O)CC1. The van der Waals surface area contributed by atoms with Crippen molar-refractivity contribution in [1.82, 2.24) is 0 Å². The largest absolute Gasteiger partial charge is 0.481 e. The van der Waals surface area contributed by atoms with Crippen LogP contribution in [0.3, 0.4) is 0 Å². The zero-order chi connectivity index (χ0) is 9.14. The molecule has 2 N–H and O–H groups in total. The minimum Gasteiger partial charge on any atom is -0.481 e. The van der Waals surface area contributed by atoms with Crippen molar-refractivity contribution in [2.24, 2.45) is 5.92 Å². The van der Waals surface area contributed by atoms with Crippen LogP contribution in [0, 0.1) is 5.92 Å². The molecule has 0 aromatic heterocycles. The van der Waals surface area contributed by atoms with Gasteiger partial charge in [-0.2, -0.15) is 0 Å². The molecule has 0 heterocycles. The Kier molecular flexibility index (Phi) is 2.87. The molecule has 0 aliphatic heterocycles. The van der Waals surface area contributed by atoms with Crippen molar-refractivity contribution >= 4 is 5.97 Å². The summed E-state index contributed by atoms with van der Waals surface area (Å²) < 4.78 is 0. The maximum absolute atomic E-state index is 10.4. The van der Waals surface area contributed by atoms with Gasteiger partial charge in [0.15, 0.2) is 0 Å². The lowest BCUT2D eigenvalue weighted by atomic mass is 9.98. The molecule has 3 nitrogen and oxygen atoms in total. The van der Waals surface area contributed by atoms with Gasteiger partial charge in [-0.1, -0.05) is 5.57 Å². The molecule has 0 amide bonds. The first kappa shape index (κ1) is 9.26. The van der Waals surface area contributed by atoms with Crippen LogP contribution in [0.5, 0.6) is 0 Å². The van der Waals surface area contributed by atoms with Crippen molar-refractivity contribution in [3.8, 4) is 0 Å². The highest BCUT2D eigenvalue weighted by Crippen LogP contribution is 2.33. The van der Waals surface area contributed by atoms with Gasteiger partial charge in [-0.25, -0.2) is 0 Å². The second kappa shape index (κ2) is 3.72. The minimum absolute atomic E-state index is 0.0176. The Morgan fingerprint density at radius 1 is 1.67 bits per heavy atom. The van der Waals surface area contributed by atoms with E-state index in [0.717, 1.165) is 18.4 Å². The van der Waals surface area contributed by atoms with Gasteiger partial charge >= 0.3 is 5.97 Å². The van der Waals surface area contributed by atoms with Gasteiger partial charge in [0.2, 0.25) is 0 Å². The van der Waals surface area contributed by atoms with E-state index in [9.17, 15) is 4.79 Å². The molecule has 1 atom stereocenters. The highest BCUT2D eigenvalue weighted by molar-refractivity contribution is 5.67. The number of allylic oxidation sites excluding steroid dienone is 1. The van der Waals surface area contributed by atoms with Crippen molar-refractivity contribution < 1.29 is 15.0 Å². The second-order valence-electron chi connectivity index (χ2n) is 3.30. The Hall–Kier alpha value is -0.830. The molecule has 1 rings (SSSR count). The van der Waals surface area contributed by atoms with Crippen molar-refractivity contribution in [1.29, 1.82) is 0 Å². The van der Waals surface area contributed by atoms with Gasteiger partial charge < -0.3 is 10.2 Å². The molecule has 0 fully saturated rings. The van der Waals surface area contributed by atoms with Gasteiger partial charge in [0.25, 0.3) is 0 Å². The predicted molar refractivity (Wildman–Crippen MR) is 44.8 cm³/mol. The highest BCUT2D eigenvalue weighted by Gasteiger charge is 2.24. The predicted octanol–water partition coefficient (Wildman–Crippen LogP) is 1.18. The molecule has 0 spiro atoms. The number of hydrogen-bond donors (Lipinski definition) is 2. The van der Waals surface area contributed by atoms with Crippen molar-refractivity contribution in [3.63, 3.8) is 0 Å². The van der Waals surface area contributed by atoms with Crippen LogP contribution in [0.15, 0.2) is 11.1 Å². The first-order valence-corrected chi connectivity index (χ1v) is 4.16. The van der Waals surface area contributed by atoms with Gasteiger partial charge in [-0.15, -0.1) is 0 Å². The summed E-state index contributed by atoms with van der Waals surface area (Å²) in [6.45, 7) is 1.98. The number of carbonyl (C=O) groups is 1. The first-order valence-electron chi connectivity index (χ1n) is 4.16. The van der Waals surface area contributed by atoms with Crippen molar-refractivity contribution in [3.05, 3.63) is 11.1 Å². The maximum atomic E-state index is 10.4. The molecule has 0 saturated heterocycles. The number of rotatable bonds is 3. The Labute approximate surface area is 71.7 Å². The van der Waals surface area contributed by atoms with E-state index >= 15 is 0 Å². The van der Waals surface area contributed by atoms with Crippen molar-refractivity contribution in [2.45, 2.75) is 26.2 Å². The number of hydrogen-bond acceptors (Lipinski definition) is 2. The fourth-order valence-corrected chi connectivity index (χ4v) is 1.77. The van der Waals surface area contributed by atoms with Crippen molar-refractivity contribution in [2.75, 3.05) is 6.61 Å². The lowest BCUT2D eigenvalue weighted by molar-refractivity contribution is -0.137. The lowest BCUT2D eigenvalue weighted by Crippen LogP contribution is -2.09. The van der Waals surface area contributed by atoms with Crippen LogP contribution in [0.25, 0.3) is 0 Å². The number of carboxylic acid groups (broad SMARTS) is 1. The van der Waals surface area contributed by atoms with Crippen LogP contribution in [0.2, 0.25) is 0 Å². The van der Waals surface area contributed by atoms with Crippen LogP contribution in [0.4, 0.5) is 0 Å². The highest BCUT2D eigenvalue weighted by atomic mass is 16.4. The van der Waals surface area contributed by atoms with E-state index in [1.54, 1.807) is 0 Å². The summed E-state index contributed by atoms with van der Waals surface area (Å²) in [7, 11) is 0. The molecule has 3 heteroatoms. The second-order valence-corrected chi connectivity index (χ2v) is 3.30. The van der Waals surface area contributed by atoms with Gasteiger partial charge in [0, 0.05) is 0 Å². The molecule has 1 unspecified atom stereocenters. The molecular weight excluding hydrogens is 156 g/mol. The van der Waals surface area contributed by atoms with E-state index in [4.69, 9.17) is 10.2 Å². The fraction of sp³-hybridized carbons (Fsp3) is 0.667. The van der Waals surface area contributed by atoms with E-state index in [-0.39, 0.29) is 18.9 Å². The Bertz CT molecular complexity index is 218. The molecule has 0 aromatic rings. The summed E-state index contributed by atoms with van der Waals surface area (Å²) in [5, 5.41) is 17.5. The van der Waals surface area contributed by atoms with Crippen LogP contribution < -0.4 is 0 Å². The monoisotopic (exact) mass is 170 g/mol. The zero-order valence-corrected chi connectivity index (χ0v) is 7.21. The van der Waals surface area contributed by atoms with E-state index in [0.29, 0.717) is 0 Å². The fourth-order valence-electron chi connectivity index (χ4n) is 1.77. The normalized spacial score (nSPS) is 23.3. The number of aliphatic hydroxyl groups excluding tert-OH is 1. The molecule has 1 aliphatic carbocycles.